The Morgan fingerprint density at radius 2 is 2.00 bits per heavy atom. The zero-order chi connectivity index (χ0) is 14.2. The van der Waals surface area contributed by atoms with Gasteiger partial charge in [0.05, 0.1) is 5.41 Å². The maximum Gasteiger partial charge on any atom is 0.234 e. The summed E-state index contributed by atoms with van der Waals surface area (Å²) in [6, 6.07) is 0. The molecule has 2 heterocycles. The summed E-state index contributed by atoms with van der Waals surface area (Å²) in [6.07, 6.45) is 7.11. The fraction of sp³-hybridized carbons (Fsp3) is 0.875. The minimum Gasteiger partial charge on any atom is -0.339 e. The second-order valence-electron chi connectivity index (χ2n) is 7.46. The Kier molecular flexibility index (Phi) is 3.61. The molecule has 4 nitrogen and oxygen atoms in total. The van der Waals surface area contributed by atoms with Crippen molar-refractivity contribution in [1.82, 2.24) is 15.5 Å². The SMILES string of the molecule is CCC1(c2nc(C3CCC(C)(C)CC3)no2)CCNC1. The van der Waals surface area contributed by atoms with Crippen molar-refractivity contribution in [3.8, 4) is 0 Å². The van der Waals surface area contributed by atoms with E-state index in [1.54, 1.807) is 0 Å². The Bertz CT molecular complexity index is 450. The minimum atomic E-state index is 0.0825. The average Bonchev–Trinajstić information content (AvgIpc) is 3.08. The maximum absolute atomic E-state index is 5.65. The fourth-order valence-corrected chi connectivity index (χ4v) is 3.65. The molecule has 0 aromatic carbocycles. The van der Waals surface area contributed by atoms with E-state index in [1.165, 1.54) is 25.7 Å². The lowest BCUT2D eigenvalue weighted by Crippen LogP contribution is -2.28. The molecule has 112 valence electrons. The van der Waals surface area contributed by atoms with Crippen LogP contribution >= 0.6 is 0 Å². The quantitative estimate of drug-likeness (QED) is 0.920. The van der Waals surface area contributed by atoms with Gasteiger partial charge >= 0.3 is 0 Å². The molecular formula is C16H27N3O. The molecule has 2 fully saturated rings. The summed E-state index contributed by atoms with van der Waals surface area (Å²) in [7, 11) is 0. The van der Waals surface area contributed by atoms with Crippen molar-refractivity contribution in [3.05, 3.63) is 11.7 Å². The van der Waals surface area contributed by atoms with Gasteiger partial charge < -0.3 is 9.84 Å². The third-order valence-corrected chi connectivity index (χ3v) is 5.52. The largest absolute Gasteiger partial charge is 0.339 e. The zero-order valence-electron chi connectivity index (χ0n) is 13.0. The molecule has 1 aliphatic carbocycles. The lowest BCUT2D eigenvalue weighted by molar-refractivity contribution is 0.218. The van der Waals surface area contributed by atoms with Crippen LogP contribution in [0.4, 0.5) is 0 Å². The Balaban J connectivity index is 1.74. The van der Waals surface area contributed by atoms with E-state index in [4.69, 9.17) is 9.51 Å². The summed E-state index contributed by atoms with van der Waals surface area (Å²) in [4.78, 5) is 4.79. The lowest BCUT2D eigenvalue weighted by atomic mass is 9.73. The van der Waals surface area contributed by atoms with E-state index in [1.807, 2.05) is 0 Å². The molecule has 1 saturated heterocycles. The first-order chi connectivity index (χ1) is 9.55. The van der Waals surface area contributed by atoms with E-state index in [0.29, 0.717) is 11.3 Å². The van der Waals surface area contributed by atoms with E-state index in [2.05, 4.69) is 31.2 Å². The summed E-state index contributed by atoms with van der Waals surface area (Å²) < 4.78 is 5.65. The molecule has 1 atom stereocenters. The molecule has 3 rings (SSSR count). The highest BCUT2D eigenvalue weighted by Gasteiger charge is 2.40. The van der Waals surface area contributed by atoms with Crippen molar-refractivity contribution in [2.24, 2.45) is 5.41 Å². The molecule has 1 unspecified atom stereocenters. The normalized spacial score (nSPS) is 30.8. The molecule has 0 amide bonds. The molecule has 1 aromatic rings. The molecule has 4 heteroatoms. The van der Waals surface area contributed by atoms with Crippen molar-refractivity contribution in [2.75, 3.05) is 13.1 Å². The van der Waals surface area contributed by atoms with Crippen LogP contribution in [0.3, 0.4) is 0 Å². The minimum absolute atomic E-state index is 0.0825. The molecular weight excluding hydrogens is 250 g/mol. The molecule has 2 aliphatic rings. The lowest BCUT2D eigenvalue weighted by Gasteiger charge is -2.32. The highest BCUT2D eigenvalue weighted by Crippen LogP contribution is 2.42. The van der Waals surface area contributed by atoms with Crippen LogP contribution in [0.25, 0.3) is 0 Å². The van der Waals surface area contributed by atoms with Crippen LogP contribution in [0.2, 0.25) is 0 Å². The van der Waals surface area contributed by atoms with Gasteiger partial charge in [-0.15, -0.1) is 0 Å². The predicted octanol–water partition coefficient (Wildman–Crippen LogP) is 3.39. The van der Waals surface area contributed by atoms with E-state index < -0.39 is 0 Å². The monoisotopic (exact) mass is 277 g/mol. The van der Waals surface area contributed by atoms with Crippen molar-refractivity contribution in [3.63, 3.8) is 0 Å². The van der Waals surface area contributed by atoms with E-state index in [0.717, 1.165) is 37.6 Å². The Labute approximate surface area is 121 Å². The number of hydrogen-bond acceptors (Lipinski definition) is 4. The van der Waals surface area contributed by atoms with E-state index >= 15 is 0 Å². The highest BCUT2D eigenvalue weighted by atomic mass is 16.5. The summed E-state index contributed by atoms with van der Waals surface area (Å²) in [5.41, 5.74) is 0.572. The molecule has 0 bridgehead atoms. The smallest absolute Gasteiger partial charge is 0.234 e. The molecule has 1 aliphatic heterocycles. The molecule has 0 spiro atoms. The third kappa shape index (κ3) is 2.50. The molecule has 1 N–H and O–H groups in total. The fourth-order valence-electron chi connectivity index (χ4n) is 3.65. The van der Waals surface area contributed by atoms with Gasteiger partial charge in [0.25, 0.3) is 0 Å². The number of hydrogen-bond donors (Lipinski definition) is 1. The van der Waals surface area contributed by atoms with Crippen molar-refractivity contribution in [2.45, 2.75) is 70.6 Å². The van der Waals surface area contributed by atoms with Gasteiger partial charge in [0, 0.05) is 12.5 Å². The summed E-state index contributed by atoms with van der Waals surface area (Å²) >= 11 is 0. The van der Waals surface area contributed by atoms with Gasteiger partial charge in [-0.2, -0.15) is 4.98 Å². The van der Waals surface area contributed by atoms with Gasteiger partial charge in [0.2, 0.25) is 5.89 Å². The maximum atomic E-state index is 5.65. The summed E-state index contributed by atoms with van der Waals surface area (Å²) in [6.45, 7) is 8.98. The predicted molar refractivity (Wildman–Crippen MR) is 78.7 cm³/mol. The molecule has 1 saturated carbocycles. The third-order valence-electron chi connectivity index (χ3n) is 5.52. The second kappa shape index (κ2) is 5.14. The topological polar surface area (TPSA) is 51.0 Å². The number of nitrogens with one attached hydrogen (secondary N) is 1. The van der Waals surface area contributed by atoms with Crippen LogP contribution in [0.5, 0.6) is 0 Å². The van der Waals surface area contributed by atoms with Crippen molar-refractivity contribution >= 4 is 0 Å². The number of aromatic nitrogens is 2. The van der Waals surface area contributed by atoms with E-state index in [9.17, 15) is 0 Å². The van der Waals surface area contributed by atoms with Gasteiger partial charge in [0.15, 0.2) is 5.82 Å². The first kappa shape index (κ1) is 14.1. The summed E-state index contributed by atoms with van der Waals surface area (Å²) in [5, 5.41) is 7.75. The second-order valence-corrected chi connectivity index (χ2v) is 7.46. The van der Waals surface area contributed by atoms with Crippen LogP contribution in [0, 0.1) is 5.41 Å². The van der Waals surface area contributed by atoms with Crippen LogP contribution in [-0.2, 0) is 5.41 Å². The van der Waals surface area contributed by atoms with Crippen LogP contribution < -0.4 is 5.32 Å². The van der Waals surface area contributed by atoms with Gasteiger partial charge in [0.1, 0.15) is 0 Å². The van der Waals surface area contributed by atoms with Crippen molar-refractivity contribution in [1.29, 1.82) is 0 Å². The van der Waals surface area contributed by atoms with Gasteiger partial charge in [-0.25, -0.2) is 0 Å². The number of nitrogens with zero attached hydrogens (tertiary/aromatic N) is 2. The first-order valence-corrected chi connectivity index (χ1v) is 8.09. The van der Waals surface area contributed by atoms with Gasteiger partial charge in [-0.1, -0.05) is 25.9 Å². The van der Waals surface area contributed by atoms with Gasteiger partial charge in [-0.05, 0) is 50.5 Å². The standard InChI is InChI=1S/C16H27N3O/c1-4-16(9-10-17-11-16)14-18-13(19-20-14)12-5-7-15(2,3)8-6-12/h12,17H,4-11H2,1-3H3. The Morgan fingerprint density at radius 3 is 2.60 bits per heavy atom. The van der Waals surface area contributed by atoms with Crippen LogP contribution in [0.15, 0.2) is 4.52 Å². The Morgan fingerprint density at radius 1 is 1.25 bits per heavy atom. The van der Waals surface area contributed by atoms with Crippen LogP contribution in [0.1, 0.15) is 76.9 Å². The molecule has 0 radical (unpaired) electrons. The first-order valence-electron chi connectivity index (χ1n) is 8.09. The molecule has 1 aromatic heterocycles. The van der Waals surface area contributed by atoms with Gasteiger partial charge in [-0.3, -0.25) is 0 Å². The molecule has 20 heavy (non-hydrogen) atoms. The van der Waals surface area contributed by atoms with Crippen LogP contribution in [-0.4, -0.2) is 23.2 Å². The Hall–Kier alpha value is -0.900. The van der Waals surface area contributed by atoms with E-state index in [-0.39, 0.29) is 5.41 Å². The number of rotatable bonds is 3. The summed E-state index contributed by atoms with van der Waals surface area (Å²) in [5.74, 6) is 2.32. The zero-order valence-corrected chi connectivity index (χ0v) is 13.0. The highest BCUT2D eigenvalue weighted by molar-refractivity contribution is 5.11. The van der Waals surface area contributed by atoms with Crippen molar-refractivity contribution < 1.29 is 4.52 Å². The average molecular weight is 277 g/mol.